The van der Waals surface area contributed by atoms with Crippen molar-refractivity contribution in [2.75, 3.05) is 12.3 Å². The van der Waals surface area contributed by atoms with E-state index in [4.69, 9.17) is 10.5 Å². The first-order valence-electron chi connectivity index (χ1n) is 7.60. The van der Waals surface area contributed by atoms with E-state index in [1.807, 2.05) is 30.3 Å². The lowest BCUT2D eigenvalue weighted by Crippen LogP contribution is -2.24. The zero-order valence-corrected chi connectivity index (χ0v) is 13.6. The van der Waals surface area contributed by atoms with Gasteiger partial charge in [0.15, 0.2) is 0 Å². The quantitative estimate of drug-likeness (QED) is 0.755. The predicted molar refractivity (Wildman–Crippen MR) is 91.2 cm³/mol. The van der Waals surface area contributed by atoms with Crippen molar-refractivity contribution in [3.63, 3.8) is 0 Å². The highest BCUT2D eigenvalue weighted by Gasteiger charge is 2.31. The van der Waals surface area contributed by atoms with Crippen molar-refractivity contribution in [3.8, 4) is 5.75 Å². The number of rotatable bonds is 6. The second-order valence-electron chi connectivity index (χ2n) is 5.18. The van der Waals surface area contributed by atoms with Crippen LogP contribution in [-0.2, 0) is 11.3 Å². The molecule has 2 rings (SSSR count). The molecule has 8 heteroatoms. The van der Waals surface area contributed by atoms with Gasteiger partial charge in [-0.15, -0.1) is 13.2 Å². The van der Waals surface area contributed by atoms with Crippen LogP contribution >= 0.6 is 0 Å². The molecule has 0 fully saturated rings. The van der Waals surface area contributed by atoms with Crippen LogP contribution in [0.5, 0.6) is 5.75 Å². The summed E-state index contributed by atoms with van der Waals surface area (Å²) in [6.07, 6.45) is -2.18. The topological polar surface area (TPSA) is 73.6 Å². The number of hydrogen-bond donors (Lipinski definition) is 2. The van der Waals surface area contributed by atoms with Crippen molar-refractivity contribution < 1.29 is 27.4 Å². The van der Waals surface area contributed by atoms with Gasteiger partial charge in [-0.1, -0.05) is 42.5 Å². The number of halogens is 3. The van der Waals surface area contributed by atoms with E-state index in [0.29, 0.717) is 5.56 Å². The number of benzene rings is 2. The Bertz CT molecular complexity index is 762. The van der Waals surface area contributed by atoms with Crippen LogP contribution in [0.3, 0.4) is 0 Å². The molecule has 26 heavy (non-hydrogen) atoms. The minimum absolute atomic E-state index is 0.120. The Morgan fingerprint density at radius 3 is 2.54 bits per heavy atom. The SMILES string of the molecule is Nc1cc(OC(F)(F)F)ccc1C=CCNC(=O)OCc1ccccc1. The van der Waals surface area contributed by atoms with Crippen molar-refractivity contribution in [2.24, 2.45) is 0 Å². The minimum Gasteiger partial charge on any atom is -0.445 e. The lowest BCUT2D eigenvalue weighted by Gasteiger charge is -2.10. The van der Waals surface area contributed by atoms with Crippen molar-refractivity contribution >= 4 is 17.9 Å². The molecule has 0 radical (unpaired) electrons. The van der Waals surface area contributed by atoms with Gasteiger partial charge in [-0.2, -0.15) is 0 Å². The summed E-state index contributed by atoms with van der Waals surface area (Å²) in [7, 11) is 0. The molecule has 0 atom stereocenters. The van der Waals surface area contributed by atoms with Gasteiger partial charge in [0.2, 0.25) is 0 Å². The maximum absolute atomic E-state index is 12.1. The van der Waals surface area contributed by atoms with Gasteiger partial charge in [0.1, 0.15) is 12.4 Å². The summed E-state index contributed by atoms with van der Waals surface area (Å²) >= 11 is 0. The highest BCUT2D eigenvalue weighted by Crippen LogP contribution is 2.26. The number of ether oxygens (including phenoxy) is 2. The Labute approximate surface area is 148 Å². The van der Waals surface area contributed by atoms with Gasteiger partial charge >= 0.3 is 12.5 Å². The number of carbonyl (C=O) groups is 1. The molecule has 0 aliphatic rings. The standard InChI is InChI=1S/C18H17F3N2O3/c19-18(20,21)26-15-9-8-14(16(22)11-15)7-4-10-23-17(24)25-12-13-5-2-1-3-6-13/h1-9,11H,10,12,22H2,(H,23,24). The summed E-state index contributed by atoms with van der Waals surface area (Å²) in [4.78, 5) is 11.6. The first-order valence-corrected chi connectivity index (χ1v) is 7.60. The highest BCUT2D eigenvalue weighted by atomic mass is 19.4. The molecule has 0 saturated carbocycles. The summed E-state index contributed by atoms with van der Waals surface area (Å²) in [5.74, 6) is -0.394. The van der Waals surface area contributed by atoms with Crippen LogP contribution in [0.1, 0.15) is 11.1 Å². The van der Waals surface area contributed by atoms with Crippen LogP contribution in [0.2, 0.25) is 0 Å². The molecule has 3 N–H and O–H groups in total. The molecule has 1 amide bonds. The summed E-state index contributed by atoms with van der Waals surface area (Å²) in [6.45, 7) is 0.331. The van der Waals surface area contributed by atoms with E-state index in [-0.39, 0.29) is 18.8 Å². The number of amides is 1. The summed E-state index contributed by atoms with van der Waals surface area (Å²) in [6, 6.07) is 12.8. The lowest BCUT2D eigenvalue weighted by molar-refractivity contribution is -0.274. The van der Waals surface area contributed by atoms with Gasteiger partial charge in [-0.25, -0.2) is 4.79 Å². The fourth-order valence-corrected chi connectivity index (χ4v) is 2.00. The van der Waals surface area contributed by atoms with E-state index in [1.165, 1.54) is 6.07 Å². The average Bonchev–Trinajstić information content (AvgIpc) is 2.58. The van der Waals surface area contributed by atoms with E-state index < -0.39 is 18.2 Å². The Balaban J connectivity index is 1.78. The Hall–Kier alpha value is -3.16. The van der Waals surface area contributed by atoms with Crippen molar-refractivity contribution in [2.45, 2.75) is 13.0 Å². The van der Waals surface area contributed by atoms with E-state index in [2.05, 4.69) is 10.1 Å². The molecule has 0 aromatic heterocycles. The predicted octanol–water partition coefficient (Wildman–Crippen LogP) is 4.11. The molecule has 2 aromatic carbocycles. The van der Waals surface area contributed by atoms with Gasteiger partial charge in [-0.05, 0) is 23.3 Å². The Morgan fingerprint density at radius 1 is 1.15 bits per heavy atom. The number of carbonyl (C=O) groups excluding carboxylic acids is 1. The molecular formula is C18H17F3N2O3. The molecule has 0 aliphatic heterocycles. The minimum atomic E-state index is -4.77. The molecule has 5 nitrogen and oxygen atoms in total. The maximum Gasteiger partial charge on any atom is 0.573 e. The Morgan fingerprint density at radius 2 is 1.88 bits per heavy atom. The number of nitrogen functional groups attached to an aromatic ring is 1. The van der Waals surface area contributed by atoms with E-state index in [1.54, 1.807) is 12.2 Å². The van der Waals surface area contributed by atoms with Gasteiger partial charge < -0.3 is 20.5 Å². The normalized spacial score (nSPS) is 11.3. The van der Waals surface area contributed by atoms with Crippen LogP contribution in [0.25, 0.3) is 6.08 Å². The zero-order chi connectivity index (χ0) is 19.0. The first kappa shape index (κ1) is 19.2. The maximum atomic E-state index is 12.1. The van der Waals surface area contributed by atoms with Crippen molar-refractivity contribution in [3.05, 3.63) is 65.7 Å². The molecule has 2 aromatic rings. The first-order chi connectivity index (χ1) is 12.3. The van der Waals surface area contributed by atoms with Gasteiger partial charge in [0.25, 0.3) is 0 Å². The fourth-order valence-electron chi connectivity index (χ4n) is 2.00. The summed E-state index contributed by atoms with van der Waals surface area (Å²) in [5.41, 5.74) is 7.17. The number of alkyl halides is 3. The smallest absolute Gasteiger partial charge is 0.445 e. The average molecular weight is 366 g/mol. The molecule has 0 spiro atoms. The number of alkyl carbamates (subject to hydrolysis) is 1. The molecule has 138 valence electrons. The Kier molecular flexibility index (Phi) is 6.48. The number of hydrogen-bond acceptors (Lipinski definition) is 4. The number of nitrogens with two attached hydrogens (primary N) is 1. The van der Waals surface area contributed by atoms with Crippen molar-refractivity contribution in [1.29, 1.82) is 0 Å². The van der Waals surface area contributed by atoms with Crippen LogP contribution in [0.4, 0.5) is 23.7 Å². The number of nitrogens with one attached hydrogen (secondary N) is 1. The molecule has 0 unspecified atom stereocenters. The lowest BCUT2D eigenvalue weighted by atomic mass is 10.1. The van der Waals surface area contributed by atoms with Crippen LogP contribution in [0.15, 0.2) is 54.6 Å². The molecule has 0 bridgehead atoms. The summed E-state index contributed by atoms with van der Waals surface area (Å²) < 4.78 is 45.2. The van der Waals surface area contributed by atoms with E-state index >= 15 is 0 Å². The highest BCUT2D eigenvalue weighted by molar-refractivity contribution is 5.69. The van der Waals surface area contributed by atoms with Crippen LogP contribution in [0, 0.1) is 0 Å². The largest absolute Gasteiger partial charge is 0.573 e. The van der Waals surface area contributed by atoms with Gasteiger partial charge in [-0.3, -0.25) is 0 Å². The second-order valence-corrected chi connectivity index (χ2v) is 5.18. The molecule has 0 aliphatic carbocycles. The van der Waals surface area contributed by atoms with Crippen LogP contribution in [-0.4, -0.2) is 19.0 Å². The molecule has 0 heterocycles. The number of anilines is 1. The monoisotopic (exact) mass is 366 g/mol. The van der Waals surface area contributed by atoms with E-state index in [0.717, 1.165) is 17.7 Å². The molecular weight excluding hydrogens is 349 g/mol. The zero-order valence-electron chi connectivity index (χ0n) is 13.6. The third-order valence-electron chi connectivity index (χ3n) is 3.17. The molecule has 0 saturated heterocycles. The van der Waals surface area contributed by atoms with E-state index in [9.17, 15) is 18.0 Å². The summed E-state index contributed by atoms with van der Waals surface area (Å²) in [5, 5.41) is 2.52. The third-order valence-corrected chi connectivity index (χ3v) is 3.17. The third kappa shape index (κ3) is 6.76. The second kappa shape index (κ2) is 8.80. The fraction of sp³-hybridized carbons (Fsp3) is 0.167. The van der Waals surface area contributed by atoms with Gasteiger partial charge in [0, 0.05) is 18.3 Å². The van der Waals surface area contributed by atoms with Crippen LogP contribution < -0.4 is 15.8 Å². The van der Waals surface area contributed by atoms with Crippen molar-refractivity contribution in [1.82, 2.24) is 5.32 Å². The van der Waals surface area contributed by atoms with Gasteiger partial charge in [0.05, 0.1) is 0 Å².